The molecule has 0 unspecified atom stereocenters. The molecular formula is C17H23N3O4S. The lowest BCUT2D eigenvalue weighted by Crippen LogP contribution is -2.48. The van der Waals surface area contributed by atoms with E-state index in [9.17, 15) is 8.42 Å². The number of ether oxygens (including phenoxy) is 1. The van der Waals surface area contributed by atoms with Crippen LogP contribution in [0.3, 0.4) is 0 Å². The van der Waals surface area contributed by atoms with Crippen LogP contribution in [0.4, 0.5) is 5.82 Å². The van der Waals surface area contributed by atoms with Crippen LogP contribution in [0.2, 0.25) is 0 Å². The third-order valence-electron chi connectivity index (χ3n) is 4.58. The Morgan fingerprint density at radius 2 is 1.68 bits per heavy atom. The summed E-state index contributed by atoms with van der Waals surface area (Å²) in [6.45, 7) is 7.60. The lowest BCUT2D eigenvalue weighted by Gasteiger charge is -2.34. The van der Waals surface area contributed by atoms with Crippen LogP contribution in [-0.4, -0.2) is 51.2 Å². The molecule has 1 aliphatic rings. The third kappa shape index (κ3) is 3.36. The molecule has 8 heteroatoms. The van der Waals surface area contributed by atoms with E-state index in [4.69, 9.17) is 9.26 Å². The van der Waals surface area contributed by atoms with Crippen molar-refractivity contribution in [3.8, 4) is 5.75 Å². The summed E-state index contributed by atoms with van der Waals surface area (Å²) < 4.78 is 38.1. The van der Waals surface area contributed by atoms with Crippen LogP contribution in [0.15, 0.2) is 27.6 Å². The smallest absolute Gasteiger partial charge is 0.246 e. The van der Waals surface area contributed by atoms with Crippen molar-refractivity contribution in [3.63, 3.8) is 0 Å². The normalized spacial score (nSPS) is 16.2. The minimum Gasteiger partial charge on any atom is -0.495 e. The fourth-order valence-electron chi connectivity index (χ4n) is 2.92. The molecule has 0 aliphatic carbocycles. The molecule has 136 valence electrons. The van der Waals surface area contributed by atoms with E-state index in [0.717, 1.165) is 22.7 Å². The highest BCUT2D eigenvalue weighted by Crippen LogP contribution is 2.30. The first-order valence-corrected chi connectivity index (χ1v) is 9.60. The van der Waals surface area contributed by atoms with Gasteiger partial charge in [-0.25, -0.2) is 8.42 Å². The van der Waals surface area contributed by atoms with Crippen molar-refractivity contribution in [1.29, 1.82) is 0 Å². The van der Waals surface area contributed by atoms with E-state index in [1.807, 2.05) is 31.7 Å². The van der Waals surface area contributed by atoms with Crippen molar-refractivity contribution in [1.82, 2.24) is 9.46 Å². The minimum absolute atomic E-state index is 0.226. The number of methoxy groups -OCH3 is 1. The van der Waals surface area contributed by atoms with Gasteiger partial charge in [0.1, 0.15) is 16.4 Å². The van der Waals surface area contributed by atoms with Crippen molar-refractivity contribution >= 4 is 15.8 Å². The van der Waals surface area contributed by atoms with Gasteiger partial charge in [0.2, 0.25) is 10.0 Å². The number of sulfonamides is 1. The highest BCUT2D eigenvalue weighted by molar-refractivity contribution is 7.89. The van der Waals surface area contributed by atoms with Gasteiger partial charge in [-0.15, -0.1) is 0 Å². The van der Waals surface area contributed by atoms with Gasteiger partial charge in [-0.1, -0.05) is 5.16 Å². The van der Waals surface area contributed by atoms with Gasteiger partial charge in [0.05, 0.1) is 7.11 Å². The summed E-state index contributed by atoms with van der Waals surface area (Å²) in [6, 6.07) is 5.32. The zero-order chi connectivity index (χ0) is 18.2. The van der Waals surface area contributed by atoms with Gasteiger partial charge in [-0.05, 0) is 44.0 Å². The van der Waals surface area contributed by atoms with Gasteiger partial charge in [-0.2, -0.15) is 4.31 Å². The third-order valence-corrected chi connectivity index (χ3v) is 6.50. The molecule has 2 heterocycles. The number of anilines is 1. The second-order valence-corrected chi connectivity index (χ2v) is 8.18. The molecule has 0 atom stereocenters. The number of aryl methyl sites for hydroxylation is 3. The molecule has 0 amide bonds. The Morgan fingerprint density at radius 1 is 1.04 bits per heavy atom. The maximum Gasteiger partial charge on any atom is 0.246 e. The van der Waals surface area contributed by atoms with Crippen molar-refractivity contribution in [2.45, 2.75) is 25.7 Å². The molecule has 7 nitrogen and oxygen atoms in total. The highest BCUT2D eigenvalue weighted by atomic mass is 32.2. The number of nitrogens with zero attached hydrogens (tertiary/aromatic N) is 3. The van der Waals surface area contributed by atoms with Gasteiger partial charge in [0, 0.05) is 32.2 Å². The highest BCUT2D eigenvalue weighted by Gasteiger charge is 2.31. The maximum atomic E-state index is 13.1. The number of hydrogen-bond acceptors (Lipinski definition) is 6. The van der Waals surface area contributed by atoms with Crippen LogP contribution >= 0.6 is 0 Å². The van der Waals surface area contributed by atoms with E-state index < -0.39 is 10.0 Å². The Hall–Kier alpha value is -2.06. The molecule has 1 fully saturated rings. The molecular weight excluding hydrogens is 342 g/mol. The molecule has 1 aromatic heterocycles. The quantitative estimate of drug-likeness (QED) is 0.826. The molecule has 2 aromatic rings. The molecule has 1 saturated heterocycles. The van der Waals surface area contributed by atoms with Gasteiger partial charge in [-0.3, -0.25) is 0 Å². The Bertz CT molecular complexity index is 868. The van der Waals surface area contributed by atoms with Gasteiger partial charge in [0.15, 0.2) is 5.82 Å². The first-order chi connectivity index (χ1) is 11.8. The Balaban J connectivity index is 1.82. The number of rotatable bonds is 4. The van der Waals surface area contributed by atoms with Crippen LogP contribution in [0.1, 0.15) is 16.9 Å². The van der Waals surface area contributed by atoms with Gasteiger partial charge < -0.3 is 14.2 Å². The summed E-state index contributed by atoms with van der Waals surface area (Å²) >= 11 is 0. The van der Waals surface area contributed by atoms with Crippen LogP contribution < -0.4 is 9.64 Å². The fourth-order valence-corrected chi connectivity index (χ4v) is 4.57. The average Bonchev–Trinajstić information content (AvgIpc) is 3.03. The zero-order valence-electron chi connectivity index (χ0n) is 14.9. The summed E-state index contributed by atoms with van der Waals surface area (Å²) in [6.07, 6.45) is 0. The first-order valence-electron chi connectivity index (χ1n) is 8.16. The van der Waals surface area contributed by atoms with Gasteiger partial charge in [0.25, 0.3) is 0 Å². The summed E-state index contributed by atoms with van der Waals surface area (Å²) in [5.41, 5.74) is 1.93. The number of benzene rings is 1. The maximum absolute atomic E-state index is 13.1. The average molecular weight is 365 g/mol. The van der Waals surface area contributed by atoms with Crippen molar-refractivity contribution in [2.75, 3.05) is 38.2 Å². The number of piperazine rings is 1. The van der Waals surface area contributed by atoms with Crippen LogP contribution in [-0.2, 0) is 10.0 Å². The van der Waals surface area contributed by atoms with Crippen LogP contribution in [0.25, 0.3) is 0 Å². The van der Waals surface area contributed by atoms with E-state index in [1.54, 1.807) is 12.1 Å². The standard InChI is InChI=1S/C17H23N3O4S/c1-12-9-15(23-4)16(10-13(12)2)25(21,22)20-7-5-19(6-8-20)17-11-14(3)24-18-17/h9-11H,5-8H2,1-4H3. The van der Waals surface area contributed by atoms with E-state index >= 15 is 0 Å². The molecule has 1 aliphatic heterocycles. The van der Waals surface area contributed by atoms with Gasteiger partial charge >= 0.3 is 0 Å². The molecule has 25 heavy (non-hydrogen) atoms. The van der Waals surface area contributed by atoms with E-state index in [-0.39, 0.29) is 4.90 Å². The van der Waals surface area contributed by atoms with E-state index in [1.165, 1.54) is 11.4 Å². The predicted octanol–water partition coefficient (Wildman–Crippen LogP) is 2.12. The summed E-state index contributed by atoms with van der Waals surface area (Å²) in [5.74, 6) is 1.88. The summed E-state index contributed by atoms with van der Waals surface area (Å²) in [7, 11) is -2.11. The Morgan fingerprint density at radius 3 is 2.24 bits per heavy atom. The van der Waals surface area contributed by atoms with Crippen LogP contribution in [0, 0.1) is 20.8 Å². The lowest BCUT2D eigenvalue weighted by molar-refractivity contribution is 0.366. The summed E-state index contributed by atoms with van der Waals surface area (Å²) in [4.78, 5) is 2.25. The molecule has 0 radical (unpaired) electrons. The van der Waals surface area contributed by atoms with Crippen molar-refractivity contribution in [2.24, 2.45) is 0 Å². The SMILES string of the molecule is COc1cc(C)c(C)cc1S(=O)(=O)N1CCN(c2cc(C)on2)CC1. The largest absolute Gasteiger partial charge is 0.495 e. The minimum atomic E-state index is -3.61. The van der Waals surface area contributed by atoms with E-state index in [2.05, 4.69) is 5.16 Å². The number of hydrogen-bond donors (Lipinski definition) is 0. The fraction of sp³-hybridized carbons (Fsp3) is 0.471. The van der Waals surface area contributed by atoms with Crippen molar-refractivity contribution in [3.05, 3.63) is 35.1 Å². The molecule has 0 bridgehead atoms. The first kappa shape index (κ1) is 17.8. The van der Waals surface area contributed by atoms with Crippen LogP contribution in [0.5, 0.6) is 5.75 Å². The molecule has 0 saturated carbocycles. The number of aromatic nitrogens is 1. The second-order valence-electron chi connectivity index (χ2n) is 6.27. The second kappa shape index (κ2) is 6.68. The topological polar surface area (TPSA) is 75.9 Å². The molecule has 0 spiro atoms. The molecule has 1 aromatic carbocycles. The Kier molecular flexibility index (Phi) is 4.75. The zero-order valence-corrected chi connectivity index (χ0v) is 15.8. The molecule has 0 N–H and O–H groups in total. The summed E-state index contributed by atoms with van der Waals surface area (Å²) in [5, 5.41) is 4.00. The van der Waals surface area contributed by atoms with Crippen molar-refractivity contribution < 1.29 is 17.7 Å². The Labute approximate surface area is 148 Å². The lowest BCUT2D eigenvalue weighted by atomic mass is 10.1. The predicted molar refractivity (Wildman–Crippen MR) is 94.7 cm³/mol. The molecule has 3 rings (SSSR count). The van der Waals surface area contributed by atoms with E-state index in [0.29, 0.717) is 31.9 Å². The monoisotopic (exact) mass is 365 g/mol.